The molecule has 3 N–H and O–H groups in total. The van der Waals surface area contributed by atoms with Gasteiger partial charge in [-0.15, -0.1) is 0 Å². The predicted molar refractivity (Wildman–Crippen MR) is 82.4 cm³/mol. The van der Waals surface area contributed by atoms with Gasteiger partial charge in [-0.05, 0) is 48.7 Å². The van der Waals surface area contributed by atoms with Crippen molar-refractivity contribution in [1.29, 1.82) is 0 Å². The Bertz CT molecular complexity index is 669. The predicted octanol–water partition coefficient (Wildman–Crippen LogP) is 1.39. The maximum atomic E-state index is 11.7. The van der Waals surface area contributed by atoms with Crippen LogP contribution in [0.5, 0.6) is 5.75 Å². The van der Waals surface area contributed by atoms with E-state index in [2.05, 4.69) is 15.6 Å². The minimum Gasteiger partial charge on any atom is -0.508 e. The summed E-state index contributed by atoms with van der Waals surface area (Å²) in [5.41, 5.74) is 1.90. The van der Waals surface area contributed by atoms with E-state index >= 15 is 0 Å². The molecule has 0 aliphatic heterocycles. The molecule has 0 spiro atoms. The van der Waals surface area contributed by atoms with Crippen molar-refractivity contribution in [2.75, 3.05) is 11.9 Å². The first-order valence-corrected chi connectivity index (χ1v) is 6.84. The molecule has 1 aromatic carbocycles. The highest BCUT2D eigenvalue weighted by Crippen LogP contribution is 2.09. The Kier molecular flexibility index (Phi) is 5.08. The van der Waals surface area contributed by atoms with Gasteiger partial charge in [0.05, 0.1) is 0 Å². The number of benzene rings is 1. The molecule has 2 amide bonds. The standard InChI is InChI=1S/C16H17N3O3/c1-11-6-8-17-14(10-11)19-16(22)15(21)18-9-7-12-2-4-13(20)5-3-12/h2-6,8,10,20H,7,9H2,1H3,(H,18,21)(H,17,19,22). The Hall–Kier alpha value is -2.89. The fourth-order valence-electron chi connectivity index (χ4n) is 1.84. The van der Waals surface area contributed by atoms with Crippen LogP contribution in [0.3, 0.4) is 0 Å². The van der Waals surface area contributed by atoms with Gasteiger partial charge in [-0.2, -0.15) is 0 Å². The van der Waals surface area contributed by atoms with Crippen LogP contribution in [-0.2, 0) is 16.0 Å². The first-order chi connectivity index (χ1) is 10.5. The fourth-order valence-corrected chi connectivity index (χ4v) is 1.84. The number of aromatic nitrogens is 1. The van der Waals surface area contributed by atoms with Gasteiger partial charge in [-0.25, -0.2) is 4.98 Å². The maximum absolute atomic E-state index is 11.7. The Balaban J connectivity index is 1.79. The summed E-state index contributed by atoms with van der Waals surface area (Å²) in [5, 5.41) is 14.2. The molecular formula is C16H17N3O3. The van der Waals surface area contributed by atoms with Crippen LogP contribution in [0, 0.1) is 6.92 Å². The minimum atomic E-state index is -0.746. The zero-order valence-electron chi connectivity index (χ0n) is 12.2. The molecule has 22 heavy (non-hydrogen) atoms. The molecule has 0 saturated carbocycles. The smallest absolute Gasteiger partial charge is 0.314 e. The van der Waals surface area contributed by atoms with Crippen LogP contribution >= 0.6 is 0 Å². The molecular weight excluding hydrogens is 282 g/mol. The van der Waals surface area contributed by atoms with Crippen molar-refractivity contribution in [2.45, 2.75) is 13.3 Å². The van der Waals surface area contributed by atoms with E-state index in [1.54, 1.807) is 42.6 Å². The number of phenols is 1. The van der Waals surface area contributed by atoms with Gasteiger partial charge < -0.3 is 15.7 Å². The normalized spacial score (nSPS) is 10.0. The van der Waals surface area contributed by atoms with Gasteiger partial charge in [-0.3, -0.25) is 9.59 Å². The summed E-state index contributed by atoms with van der Waals surface area (Å²) < 4.78 is 0. The summed E-state index contributed by atoms with van der Waals surface area (Å²) in [4.78, 5) is 27.4. The summed E-state index contributed by atoms with van der Waals surface area (Å²) in [6.07, 6.45) is 2.13. The SMILES string of the molecule is Cc1ccnc(NC(=O)C(=O)NCCc2ccc(O)cc2)c1. The molecule has 1 heterocycles. The van der Waals surface area contributed by atoms with Gasteiger partial charge in [0.2, 0.25) is 0 Å². The van der Waals surface area contributed by atoms with Gasteiger partial charge in [0, 0.05) is 12.7 Å². The lowest BCUT2D eigenvalue weighted by atomic mass is 10.1. The van der Waals surface area contributed by atoms with E-state index in [0.29, 0.717) is 18.8 Å². The zero-order chi connectivity index (χ0) is 15.9. The minimum absolute atomic E-state index is 0.192. The van der Waals surface area contributed by atoms with Gasteiger partial charge in [0.25, 0.3) is 0 Å². The number of nitrogens with zero attached hydrogens (tertiary/aromatic N) is 1. The molecule has 2 rings (SSSR count). The molecule has 2 aromatic rings. The number of pyridine rings is 1. The summed E-state index contributed by atoms with van der Waals surface area (Å²) in [7, 11) is 0. The topological polar surface area (TPSA) is 91.3 Å². The number of aromatic hydroxyl groups is 1. The van der Waals surface area contributed by atoms with Crippen molar-refractivity contribution >= 4 is 17.6 Å². The van der Waals surface area contributed by atoms with E-state index in [0.717, 1.165) is 11.1 Å². The number of anilines is 1. The van der Waals surface area contributed by atoms with E-state index < -0.39 is 11.8 Å². The second-order valence-corrected chi connectivity index (χ2v) is 4.84. The molecule has 0 aliphatic rings. The zero-order valence-corrected chi connectivity index (χ0v) is 12.2. The first kappa shape index (κ1) is 15.5. The lowest BCUT2D eigenvalue weighted by Gasteiger charge is -2.06. The second-order valence-electron chi connectivity index (χ2n) is 4.84. The fraction of sp³-hybridized carbons (Fsp3) is 0.188. The Labute approximate surface area is 128 Å². The summed E-state index contributed by atoms with van der Waals surface area (Å²) in [6.45, 7) is 2.20. The third-order valence-corrected chi connectivity index (χ3v) is 3.00. The molecule has 0 unspecified atom stereocenters. The Morgan fingerprint density at radius 3 is 2.55 bits per heavy atom. The lowest BCUT2D eigenvalue weighted by molar-refractivity contribution is -0.136. The van der Waals surface area contributed by atoms with Crippen molar-refractivity contribution in [2.24, 2.45) is 0 Å². The Morgan fingerprint density at radius 1 is 1.14 bits per heavy atom. The second kappa shape index (κ2) is 7.21. The number of hydrogen-bond acceptors (Lipinski definition) is 4. The van der Waals surface area contributed by atoms with Crippen molar-refractivity contribution in [1.82, 2.24) is 10.3 Å². The van der Waals surface area contributed by atoms with Crippen LogP contribution in [0.1, 0.15) is 11.1 Å². The molecule has 0 radical (unpaired) electrons. The number of carbonyl (C=O) groups excluding carboxylic acids is 2. The van der Waals surface area contributed by atoms with Crippen molar-refractivity contribution in [3.63, 3.8) is 0 Å². The van der Waals surface area contributed by atoms with Crippen LogP contribution in [0.25, 0.3) is 0 Å². The molecule has 0 bridgehead atoms. The highest BCUT2D eigenvalue weighted by molar-refractivity contribution is 6.39. The van der Waals surface area contributed by atoms with Crippen LogP contribution in [0.4, 0.5) is 5.82 Å². The van der Waals surface area contributed by atoms with E-state index in [9.17, 15) is 14.7 Å². The molecule has 6 nitrogen and oxygen atoms in total. The van der Waals surface area contributed by atoms with Gasteiger partial charge in [-0.1, -0.05) is 12.1 Å². The van der Waals surface area contributed by atoms with Crippen LogP contribution in [0.2, 0.25) is 0 Å². The number of carbonyl (C=O) groups is 2. The monoisotopic (exact) mass is 299 g/mol. The third kappa shape index (κ3) is 4.59. The number of aryl methyl sites for hydroxylation is 1. The van der Waals surface area contributed by atoms with Crippen molar-refractivity contribution in [3.8, 4) is 5.75 Å². The highest BCUT2D eigenvalue weighted by atomic mass is 16.3. The molecule has 0 aliphatic carbocycles. The average Bonchev–Trinajstić information content (AvgIpc) is 2.49. The number of rotatable bonds is 4. The van der Waals surface area contributed by atoms with Gasteiger partial charge in [0.15, 0.2) is 0 Å². The molecule has 114 valence electrons. The van der Waals surface area contributed by atoms with E-state index in [-0.39, 0.29) is 5.75 Å². The molecule has 1 aromatic heterocycles. The lowest BCUT2D eigenvalue weighted by Crippen LogP contribution is -2.36. The van der Waals surface area contributed by atoms with Crippen LogP contribution in [-0.4, -0.2) is 28.4 Å². The third-order valence-electron chi connectivity index (χ3n) is 3.00. The number of phenolic OH excluding ortho intramolecular Hbond substituents is 1. The van der Waals surface area contributed by atoms with Gasteiger partial charge >= 0.3 is 11.8 Å². The highest BCUT2D eigenvalue weighted by Gasteiger charge is 2.13. The molecule has 0 atom stereocenters. The largest absolute Gasteiger partial charge is 0.508 e. The van der Waals surface area contributed by atoms with E-state index in [4.69, 9.17) is 0 Å². The van der Waals surface area contributed by atoms with E-state index in [1.165, 1.54) is 0 Å². The average molecular weight is 299 g/mol. The first-order valence-electron chi connectivity index (χ1n) is 6.84. The van der Waals surface area contributed by atoms with E-state index in [1.807, 2.05) is 6.92 Å². The van der Waals surface area contributed by atoms with Crippen molar-refractivity contribution < 1.29 is 14.7 Å². The number of nitrogens with one attached hydrogen (secondary N) is 2. The molecule has 6 heteroatoms. The molecule has 0 fully saturated rings. The number of amides is 2. The van der Waals surface area contributed by atoms with Crippen molar-refractivity contribution in [3.05, 3.63) is 53.7 Å². The summed E-state index contributed by atoms with van der Waals surface area (Å²) >= 11 is 0. The number of hydrogen-bond donors (Lipinski definition) is 3. The summed E-state index contributed by atoms with van der Waals surface area (Å²) in [6, 6.07) is 10.2. The van der Waals surface area contributed by atoms with Crippen LogP contribution in [0.15, 0.2) is 42.6 Å². The quantitative estimate of drug-likeness (QED) is 0.744. The van der Waals surface area contributed by atoms with Gasteiger partial charge in [0.1, 0.15) is 11.6 Å². The Morgan fingerprint density at radius 2 is 1.86 bits per heavy atom. The molecule has 0 saturated heterocycles. The van der Waals surface area contributed by atoms with Crippen LogP contribution < -0.4 is 10.6 Å². The summed E-state index contributed by atoms with van der Waals surface area (Å²) in [5.74, 6) is -0.914. The maximum Gasteiger partial charge on any atom is 0.314 e.